The minimum Gasteiger partial charge on any atom is -0.483 e. The molecular formula is C17H17ClF3N3O2. The molecule has 1 aliphatic heterocycles. The van der Waals surface area contributed by atoms with E-state index in [1.807, 2.05) is 0 Å². The van der Waals surface area contributed by atoms with Crippen molar-refractivity contribution >= 4 is 23.3 Å². The number of carbonyl (C=O) groups excluding carboxylic acids is 1. The van der Waals surface area contributed by atoms with Crippen LogP contribution in [0.1, 0.15) is 18.5 Å². The second-order valence-corrected chi connectivity index (χ2v) is 6.93. The molecule has 1 aromatic carbocycles. The number of nitrogens with one attached hydrogen (secondary N) is 1. The molecule has 0 bridgehead atoms. The lowest BCUT2D eigenvalue weighted by molar-refractivity contribution is -0.153. The maximum atomic E-state index is 12.6. The molecule has 0 aromatic heterocycles. The highest BCUT2D eigenvalue weighted by Crippen LogP contribution is 2.48. The van der Waals surface area contributed by atoms with Crippen LogP contribution in [0.3, 0.4) is 0 Å². The molecule has 1 aliphatic carbocycles. The van der Waals surface area contributed by atoms with Crippen LogP contribution in [-0.4, -0.2) is 36.0 Å². The van der Waals surface area contributed by atoms with Crippen molar-refractivity contribution < 1.29 is 22.7 Å². The minimum atomic E-state index is -4.45. The van der Waals surface area contributed by atoms with Crippen LogP contribution < -0.4 is 10.5 Å². The zero-order chi connectivity index (χ0) is 19.3. The van der Waals surface area contributed by atoms with Gasteiger partial charge in [0.2, 0.25) is 5.91 Å². The minimum absolute atomic E-state index is 0.0348. The average molecular weight is 388 g/mol. The number of amides is 1. The number of ether oxygens (including phenoxy) is 1. The number of nitrogens with two attached hydrogens (primary N) is 1. The fraction of sp³-hybridized carbons (Fsp3) is 0.412. The van der Waals surface area contributed by atoms with Crippen LogP contribution in [0.25, 0.3) is 0 Å². The van der Waals surface area contributed by atoms with Crippen LogP contribution in [-0.2, 0) is 4.79 Å². The van der Waals surface area contributed by atoms with Gasteiger partial charge in [-0.1, -0.05) is 29.8 Å². The average Bonchev–Trinajstić information content (AvgIpc) is 2.71. The lowest BCUT2D eigenvalue weighted by Crippen LogP contribution is -2.45. The van der Waals surface area contributed by atoms with E-state index in [0.717, 1.165) is 0 Å². The summed E-state index contributed by atoms with van der Waals surface area (Å²) in [5.74, 6) is -0.701. The number of hydrogen-bond donors (Lipinski definition) is 2. The summed E-state index contributed by atoms with van der Waals surface area (Å²) < 4.78 is 41.5. The van der Waals surface area contributed by atoms with Gasteiger partial charge in [0.05, 0.1) is 22.4 Å². The summed E-state index contributed by atoms with van der Waals surface area (Å²) in [7, 11) is 0. The first-order valence-electron chi connectivity index (χ1n) is 7.88. The monoisotopic (exact) mass is 387 g/mol. The summed E-state index contributed by atoms with van der Waals surface area (Å²) >= 11 is 6.03. The van der Waals surface area contributed by atoms with Gasteiger partial charge in [-0.2, -0.15) is 13.2 Å². The molecule has 140 valence electrons. The van der Waals surface area contributed by atoms with Crippen molar-refractivity contribution in [1.29, 1.82) is 5.41 Å². The molecule has 1 amide bonds. The Balaban J connectivity index is 1.77. The first kappa shape index (κ1) is 18.6. The third-order valence-electron chi connectivity index (χ3n) is 4.92. The Bertz CT molecular complexity index is 796. The van der Waals surface area contributed by atoms with Crippen molar-refractivity contribution in [3.63, 3.8) is 0 Å². The zero-order valence-electron chi connectivity index (χ0n) is 13.8. The molecule has 2 aliphatic rings. The maximum absolute atomic E-state index is 12.6. The fourth-order valence-electron chi connectivity index (χ4n) is 3.32. The van der Waals surface area contributed by atoms with Gasteiger partial charge in [0.25, 0.3) is 0 Å². The second kappa shape index (κ2) is 6.19. The van der Waals surface area contributed by atoms with E-state index in [2.05, 4.69) is 4.74 Å². The third kappa shape index (κ3) is 3.02. The second-order valence-electron chi connectivity index (χ2n) is 6.53. The molecule has 1 aromatic rings. The van der Waals surface area contributed by atoms with Gasteiger partial charge in [0, 0.05) is 6.54 Å². The van der Waals surface area contributed by atoms with Gasteiger partial charge in [-0.3, -0.25) is 10.2 Å². The highest BCUT2D eigenvalue weighted by molar-refractivity contribution is 6.32. The number of halogens is 4. The topological polar surface area (TPSA) is 79.4 Å². The van der Waals surface area contributed by atoms with Gasteiger partial charge in [-0.25, -0.2) is 0 Å². The number of carbonyl (C=O) groups is 1. The Labute approximate surface area is 153 Å². The van der Waals surface area contributed by atoms with Gasteiger partial charge >= 0.3 is 6.18 Å². The molecule has 1 heterocycles. The van der Waals surface area contributed by atoms with Crippen LogP contribution in [0.2, 0.25) is 5.02 Å². The van der Waals surface area contributed by atoms with E-state index in [4.69, 9.17) is 22.7 Å². The summed E-state index contributed by atoms with van der Waals surface area (Å²) in [5.41, 5.74) is 5.57. The Hall–Kier alpha value is -2.22. The molecule has 3 rings (SSSR count). The Morgan fingerprint density at radius 2 is 2.23 bits per heavy atom. The van der Waals surface area contributed by atoms with Crippen LogP contribution in [0.5, 0.6) is 5.75 Å². The van der Waals surface area contributed by atoms with Crippen molar-refractivity contribution in [2.45, 2.75) is 19.1 Å². The molecule has 5 nitrogen and oxygen atoms in total. The van der Waals surface area contributed by atoms with E-state index in [1.165, 1.54) is 12.1 Å². The van der Waals surface area contributed by atoms with E-state index in [-0.39, 0.29) is 35.1 Å². The van der Waals surface area contributed by atoms with E-state index >= 15 is 0 Å². The number of hydrogen-bond acceptors (Lipinski definition) is 3. The molecule has 3 N–H and O–H groups in total. The van der Waals surface area contributed by atoms with Crippen LogP contribution in [0.4, 0.5) is 13.2 Å². The molecular weight excluding hydrogens is 371 g/mol. The Kier molecular flexibility index (Phi) is 4.42. The summed E-state index contributed by atoms with van der Waals surface area (Å²) in [6.07, 6.45) is -0.951. The highest BCUT2D eigenvalue weighted by atomic mass is 35.5. The quantitative estimate of drug-likeness (QED) is 0.462. The lowest BCUT2D eigenvalue weighted by atomic mass is 9.68. The number of benzene rings is 1. The van der Waals surface area contributed by atoms with Crippen molar-refractivity contribution in [3.8, 4) is 5.75 Å². The number of amidine groups is 1. The van der Waals surface area contributed by atoms with E-state index in [1.54, 1.807) is 30.0 Å². The van der Waals surface area contributed by atoms with Gasteiger partial charge in [-0.15, -0.1) is 0 Å². The number of rotatable bonds is 5. The number of nitrogens with zero attached hydrogens (tertiary/aromatic N) is 1. The van der Waals surface area contributed by atoms with E-state index < -0.39 is 24.1 Å². The van der Waals surface area contributed by atoms with Crippen LogP contribution in [0, 0.1) is 16.7 Å². The van der Waals surface area contributed by atoms with Crippen molar-refractivity contribution in [1.82, 2.24) is 4.90 Å². The molecule has 0 saturated carbocycles. The molecule has 0 radical (unpaired) electrons. The van der Waals surface area contributed by atoms with Crippen molar-refractivity contribution in [2.24, 2.45) is 17.1 Å². The summed E-state index contributed by atoms with van der Waals surface area (Å²) in [4.78, 5) is 14.2. The van der Waals surface area contributed by atoms with E-state index in [0.29, 0.717) is 5.56 Å². The smallest absolute Gasteiger partial charge is 0.422 e. The van der Waals surface area contributed by atoms with Crippen LogP contribution in [0.15, 0.2) is 30.4 Å². The van der Waals surface area contributed by atoms with E-state index in [9.17, 15) is 18.0 Å². The van der Waals surface area contributed by atoms with Gasteiger partial charge in [-0.05, 0) is 24.6 Å². The largest absolute Gasteiger partial charge is 0.483 e. The Morgan fingerprint density at radius 3 is 2.69 bits per heavy atom. The molecule has 1 saturated heterocycles. The highest BCUT2D eigenvalue weighted by Gasteiger charge is 2.57. The standard InChI is InChI=1S/C17H17ClF3N3O2/c1-9(24-7-16(15(22)23)5-4-11(16)14(24)25)10-2-3-13(12(18)6-10)26-8-17(19,20)21/h2-6,9,11H,7-8H2,1H3,(H3,22,23)/t9?,11?,16-/m0/s1. The van der Waals surface area contributed by atoms with Crippen molar-refractivity contribution in [3.05, 3.63) is 40.9 Å². The molecule has 2 unspecified atom stereocenters. The van der Waals surface area contributed by atoms with Gasteiger partial charge in [0.1, 0.15) is 11.6 Å². The SMILES string of the molecule is CC(c1ccc(OCC(F)(F)F)c(Cl)c1)N1C[C@@]2(C(=N)N)C=CC2C1=O. The Morgan fingerprint density at radius 1 is 1.54 bits per heavy atom. The molecule has 3 atom stereocenters. The summed E-state index contributed by atoms with van der Waals surface area (Å²) in [6, 6.07) is 4.04. The normalized spacial score (nSPS) is 25.7. The molecule has 0 spiro atoms. The fourth-order valence-corrected chi connectivity index (χ4v) is 3.56. The number of fused-ring (bicyclic) bond motifs is 1. The molecule has 1 fully saturated rings. The first-order chi connectivity index (χ1) is 12.0. The summed E-state index contributed by atoms with van der Waals surface area (Å²) in [5, 5.41) is 7.81. The van der Waals surface area contributed by atoms with Gasteiger partial charge < -0.3 is 15.4 Å². The molecule has 26 heavy (non-hydrogen) atoms. The third-order valence-corrected chi connectivity index (χ3v) is 5.22. The predicted octanol–water partition coefficient (Wildman–Crippen LogP) is 3.29. The maximum Gasteiger partial charge on any atom is 0.422 e. The zero-order valence-corrected chi connectivity index (χ0v) is 14.6. The number of likely N-dealkylation sites (tertiary alicyclic amines) is 1. The lowest BCUT2D eigenvalue weighted by Gasteiger charge is -2.34. The first-order valence-corrected chi connectivity index (χ1v) is 8.26. The molecule has 9 heteroatoms. The predicted molar refractivity (Wildman–Crippen MR) is 90.1 cm³/mol. The van der Waals surface area contributed by atoms with Gasteiger partial charge in [0.15, 0.2) is 6.61 Å². The summed E-state index contributed by atoms with van der Waals surface area (Å²) in [6.45, 7) is 0.645. The van der Waals surface area contributed by atoms with Crippen LogP contribution >= 0.6 is 11.6 Å². The number of alkyl halides is 3. The van der Waals surface area contributed by atoms with Crippen molar-refractivity contribution in [2.75, 3.05) is 13.2 Å².